The number of aromatic nitrogens is 2. The number of aliphatic carboxylic acids is 1. The average molecular weight is 428 g/mol. The smallest absolute Gasteiger partial charge is 0.328 e. The molecule has 0 aliphatic carbocycles. The van der Waals surface area contributed by atoms with Crippen molar-refractivity contribution in [3.8, 4) is 0 Å². The first-order chi connectivity index (χ1) is 14.4. The summed E-state index contributed by atoms with van der Waals surface area (Å²) in [5.74, 6) is -1.56. The molecule has 0 radical (unpaired) electrons. The number of hydrogen-bond donors (Lipinski definition) is 2. The Morgan fingerprint density at radius 1 is 1.13 bits per heavy atom. The molecule has 156 valence electrons. The summed E-state index contributed by atoms with van der Waals surface area (Å²) in [6, 6.07) is 14.2. The number of carboxylic acid groups (broad SMARTS) is 1. The Morgan fingerprint density at radius 2 is 1.93 bits per heavy atom. The number of carbonyl (C=O) groups is 1. The van der Waals surface area contributed by atoms with Gasteiger partial charge in [0.1, 0.15) is 0 Å². The molecular weight excluding hydrogens is 406 g/mol. The van der Waals surface area contributed by atoms with Gasteiger partial charge < -0.3 is 15.0 Å². The number of para-hydroxylation sites is 1. The molecule has 0 amide bonds. The molecule has 1 aromatic heterocycles. The maximum atomic E-state index is 12.7. The first-order valence-corrected chi connectivity index (χ1v) is 10.2. The van der Waals surface area contributed by atoms with Gasteiger partial charge >= 0.3 is 11.7 Å². The highest BCUT2D eigenvalue weighted by molar-refractivity contribution is 6.30. The number of piperidine rings is 1. The van der Waals surface area contributed by atoms with Crippen LogP contribution in [0.1, 0.15) is 17.9 Å². The minimum absolute atomic E-state index is 0.121. The summed E-state index contributed by atoms with van der Waals surface area (Å²) < 4.78 is 1.18. The number of likely N-dealkylation sites (tertiary alicyclic amines) is 1. The summed E-state index contributed by atoms with van der Waals surface area (Å²) >= 11 is 6.09. The van der Waals surface area contributed by atoms with Crippen molar-refractivity contribution in [1.29, 1.82) is 0 Å². The Morgan fingerprint density at radius 3 is 2.70 bits per heavy atom. The van der Waals surface area contributed by atoms with E-state index >= 15 is 0 Å². The monoisotopic (exact) mass is 427 g/mol. The molecule has 2 heterocycles. The molecule has 2 N–H and O–H groups in total. The number of hydrogen-bond acceptors (Lipinski definition) is 4. The summed E-state index contributed by atoms with van der Waals surface area (Å²) in [7, 11) is 0. The summed E-state index contributed by atoms with van der Waals surface area (Å²) in [4.78, 5) is 41.7. The maximum Gasteiger partial charge on any atom is 0.328 e. The van der Waals surface area contributed by atoms with Gasteiger partial charge in [-0.2, -0.15) is 0 Å². The minimum atomic E-state index is -0.856. The van der Waals surface area contributed by atoms with Crippen molar-refractivity contribution in [3.63, 3.8) is 0 Å². The van der Waals surface area contributed by atoms with Crippen LogP contribution in [-0.2, 0) is 11.3 Å². The average Bonchev–Trinajstić information content (AvgIpc) is 2.73. The second-order valence-corrected chi connectivity index (χ2v) is 8.06. The first kappa shape index (κ1) is 20.4. The molecule has 1 fully saturated rings. The van der Waals surface area contributed by atoms with Crippen LogP contribution in [0.3, 0.4) is 0 Å². The van der Waals surface area contributed by atoms with Crippen molar-refractivity contribution in [2.75, 3.05) is 19.6 Å². The highest BCUT2D eigenvalue weighted by atomic mass is 35.5. The lowest BCUT2D eigenvalue weighted by Gasteiger charge is -2.36. The standard InChI is InChI=1S/C22H22ClN3O4/c23-15-5-3-4-14(12-15)16-8-9-25(13-18(16)21(28)29)10-11-26-20(27)17-6-1-2-7-19(17)24-22(26)30/h1-7,12,16,18H,8-11,13H2,(H,24,30)(H,28,29). The molecule has 0 spiro atoms. The van der Waals surface area contributed by atoms with Crippen LogP contribution in [0.25, 0.3) is 10.9 Å². The van der Waals surface area contributed by atoms with Crippen LogP contribution in [0.4, 0.5) is 0 Å². The van der Waals surface area contributed by atoms with Gasteiger partial charge in [0.2, 0.25) is 0 Å². The van der Waals surface area contributed by atoms with Gasteiger partial charge in [-0.15, -0.1) is 0 Å². The van der Waals surface area contributed by atoms with Crippen molar-refractivity contribution in [2.24, 2.45) is 5.92 Å². The quantitative estimate of drug-likeness (QED) is 0.652. The highest BCUT2D eigenvalue weighted by Gasteiger charge is 2.35. The van der Waals surface area contributed by atoms with Gasteiger partial charge in [0.15, 0.2) is 0 Å². The Hall–Kier alpha value is -2.90. The third-order valence-corrected chi connectivity index (χ3v) is 6.06. The highest BCUT2D eigenvalue weighted by Crippen LogP contribution is 2.34. The normalized spacial score (nSPS) is 19.8. The van der Waals surface area contributed by atoms with E-state index < -0.39 is 17.6 Å². The third kappa shape index (κ3) is 4.04. The van der Waals surface area contributed by atoms with E-state index in [1.165, 1.54) is 4.57 Å². The number of rotatable bonds is 5. The number of fused-ring (bicyclic) bond motifs is 1. The van der Waals surface area contributed by atoms with Gasteiger partial charge in [0.25, 0.3) is 5.56 Å². The van der Waals surface area contributed by atoms with E-state index in [9.17, 15) is 19.5 Å². The lowest BCUT2D eigenvalue weighted by atomic mass is 9.80. The summed E-state index contributed by atoms with van der Waals surface area (Å²) in [6.45, 7) is 1.66. The molecule has 8 heteroatoms. The number of benzene rings is 2. The zero-order valence-electron chi connectivity index (χ0n) is 16.3. The summed E-state index contributed by atoms with van der Waals surface area (Å²) in [5.41, 5.74) is 0.647. The van der Waals surface area contributed by atoms with Gasteiger partial charge in [-0.25, -0.2) is 4.79 Å². The molecule has 3 aromatic rings. The van der Waals surface area contributed by atoms with Crippen molar-refractivity contribution in [2.45, 2.75) is 18.9 Å². The van der Waals surface area contributed by atoms with E-state index in [1.807, 2.05) is 23.1 Å². The zero-order valence-corrected chi connectivity index (χ0v) is 17.0. The van der Waals surface area contributed by atoms with Crippen molar-refractivity contribution in [3.05, 3.63) is 80.0 Å². The van der Waals surface area contributed by atoms with Crippen molar-refractivity contribution < 1.29 is 9.90 Å². The SMILES string of the molecule is O=C(O)C1CN(CCn2c(=O)[nH]c3ccccc3c2=O)CCC1c1cccc(Cl)c1. The van der Waals surface area contributed by atoms with E-state index in [4.69, 9.17) is 11.6 Å². The molecule has 1 saturated heterocycles. The molecule has 1 aliphatic heterocycles. The predicted octanol–water partition coefficient (Wildman–Crippen LogP) is 2.53. The van der Waals surface area contributed by atoms with Crippen LogP contribution in [0.5, 0.6) is 0 Å². The number of H-pyrrole nitrogens is 1. The van der Waals surface area contributed by atoms with Gasteiger partial charge in [0.05, 0.1) is 16.8 Å². The maximum absolute atomic E-state index is 12.7. The number of carboxylic acids is 1. The Balaban J connectivity index is 1.51. The minimum Gasteiger partial charge on any atom is -0.481 e. The van der Waals surface area contributed by atoms with Gasteiger partial charge in [-0.05, 0) is 48.7 Å². The lowest BCUT2D eigenvalue weighted by Crippen LogP contribution is -2.46. The van der Waals surface area contributed by atoms with E-state index in [-0.39, 0.29) is 18.0 Å². The molecule has 2 unspecified atom stereocenters. The number of nitrogens with zero attached hydrogens (tertiary/aromatic N) is 2. The molecule has 7 nitrogen and oxygen atoms in total. The van der Waals surface area contributed by atoms with Gasteiger partial charge in [-0.3, -0.25) is 14.2 Å². The topological polar surface area (TPSA) is 95.4 Å². The van der Waals surface area contributed by atoms with E-state index in [0.29, 0.717) is 42.0 Å². The van der Waals surface area contributed by atoms with Crippen LogP contribution in [0.2, 0.25) is 5.02 Å². The number of halogens is 1. The van der Waals surface area contributed by atoms with Crippen molar-refractivity contribution in [1.82, 2.24) is 14.5 Å². The second-order valence-electron chi connectivity index (χ2n) is 7.63. The molecule has 2 aromatic carbocycles. The molecule has 1 aliphatic rings. The van der Waals surface area contributed by atoms with Crippen LogP contribution >= 0.6 is 11.6 Å². The fourth-order valence-corrected chi connectivity index (χ4v) is 4.45. The molecule has 0 bridgehead atoms. The van der Waals surface area contributed by atoms with E-state index in [0.717, 1.165) is 5.56 Å². The fraction of sp³-hybridized carbons (Fsp3) is 0.318. The van der Waals surface area contributed by atoms with Gasteiger partial charge in [-0.1, -0.05) is 35.9 Å². The Labute approximate surface area is 177 Å². The van der Waals surface area contributed by atoms with Crippen LogP contribution < -0.4 is 11.2 Å². The van der Waals surface area contributed by atoms with Crippen molar-refractivity contribution >= 4 is 28.5 Å². The largest absolute Gasteiger partial charge is 0.481 e. The number of nitrogens with one attached hydrogen (secondary N) is 1. The molecule has 30 heavy (non-hydrogen) atoms. The Bertz CT molecular complexity index is 1200. The predicted molar refractivity (Wildman–Crippen MR) is 115 cm³/mol. The fourth-order valence-electron chi connectivity index (χ4n) is 4.25. The summed E-state index contributed by atoms with van der Waals surface area (Å²) in [5, 5.41) is 10.8. The molecule has 2 atom stereocenters. The third-order valence-electron chi connectivity index (χ3n) is 5.82. The molecular formula is C22H22ClN3O4. The van der Waals surface area contributed by atoms with Gasteiger partial charge in [0, 0.05) is 24.7 Å². The molecule has 4 rings (SSSR count). The lowest BCUT2D eigenvalue weighted by molar-refractivity contribution is -0.144. The van der Waals surface area contributed by atoms with Crippen LogP contribution in [0, 0.1) is 5.92 Å². The first-order valence-electron chi connectivity index (χ1n) is 9.86. The van der Waals surface area contributed by atoms with Crippen LogP contribution in [-0.4, -0.2) is 45.2 Å². The Kier molecular flexibility index (Phi) is 5.74. The zero-order chi connectivity index (χ0) is 21.3. The molecule has 0 saturated carbocycles. The van der Waals surface area contributed by atoms with Crippen LogP contribution in [0.15, 0.2) is 58.1 Å². The van der Waals surface area contributed by atoms with E-state index in [2.05, 4.69) is 4.98 Å². The second kappa shape index (κ2) is 8.45. The van der Waals surface area contributed by atoms with E-state index in [1.54, 1.807) is 30.3 Å². The summed E-state index contributed by atoms with van der Waals surface area (Å²) in [6.07, 6.45) is 0.667. The number of aromatic amines is 1.